The zero-order chi connectivity index (χ0) is 14.0. The Morgan fingerprint density at radius 3 is 2.14 bits per heavy atom. The molecule has 1 aliphatic rings. The first kappa shape index (κ1) is 13.0. The predicted octanol–water partition coefficient (Wildman–Crippen LogP) is 5.50. The summed E-state index contributed by atoms with van der Waals surface area (Å²) in [6, 6.07) is 23.8. The van der Waals surface area contributed by atoms with Crippen LogP contribution in [0.2, 0.25) is 0 Å². The van der Waals surface area contributed by atoms with Gasteiger partial charge in [-0.15, -0.1) is 0 Å². The molecule has 0 fully saturated rings. The highest BCUT2D eigenvalue weighted by Crippen LogP contribution is 2.45. The average molecular weight is 286 g/mol. The van der Waals surface area contributed by atoms with E-state index in [1.807, 2.05) is 0 Å². The second kappa shape index (κ2) is 4.38. The normalized spacial score (nSPS) is 12.3. The van der Waals surface area contributed by atoms with Gasteiger partial charge in [0.2, 0.25) is 0 Å². The lowest BCUT2D eigenvalue weighted by Crippen LogP contribution is -2.17. The van der Waals surface area contributed by atoms with Crippen molar-refractivity contribution >= 4 is 33.2 Å². The standard InChI is InChI=1S/C19H14N2.CH4/c1-20-16-10-4-5-11-17(16)21-15-9-3-2-7-13(15)14-8-6-12-18(20)19(14)21;/h2-12H,1H3;1H4. The number of nitrogens with zero attached hydrogens (tertiary/aromatic N) is 2. The van der Waals surface area contributed by atoms with E-state index in [9.17, 15) is 0 Å². The van der Waals surface area contributed by atoms with Gasteiger partial charge in [-0.05, 0) is 24.3 Å². The number of hydrogen-bond donors (Lipinski definition) is 0. The SMILES string of the molecule is C.CN1c2ccccc2-n2c3ccccc3c3cccc1c32. The van der Waals surface area contributed by atoms with Crippen LogP contribution in [0.3, 0.4) is 0 Å². The number of fused-ring (bicyclic) bond motifs is 5. The highest BCUT2D eigenvalue weighted by molar-refractivity contribution is 6.15. The second-order valence-electron chi connectivity index (χ2n) is 5.57. The van der Waals surface area contributed by atoms with Crippen LogP contribution in [-0.4, -0.2) is 11.6 Å². The van der Waals surface area contributed by atoms with Gasteiger partial charge in [0.05, 0.1) is 28.1 Å². The Morgan fingerprint density at radius 1 is 0.636 bits per heavy atom. The fourth-order valence-corrected chi connectivity index (χ4v) is 3.59. The molecule has 0 aliphatic carbocycles. The van der Waals surface area contributed by atoms with Gasteiger partial charge >= 0.3 is 0 Å². The zero-order valence-corrected chi connectivity index (χ0v) is 11.7. The van der Waals surface area contributed by atoms with Crippen LogP contribution in [0, 0.1) is 0 Å². The summed E-state index contributed by atoms with van der Waals surface area (Å²) < 4.78 is 2.40. The molecular formula is C20H18N2. The topological polar surface area (TPSA) is 8.17 Å². The molecular weight excluding hydrogens is 268 g/mol. The fraction of sp³-hybridized carbons (Fsp3) is 0.100. The molecule has 22 heavy (non-hydrogen) atoms. The van der Waals surface area contributed by atoms with Crippen molar-refractivity contribution in [3.05, 3.63) is 66.7 Å². The van der Waals surface area contributed by atoms with E-state index in [1.54, 1.807) is 0 Å². The molecule has 2 nitrogen and oxygen atoms in total. The van der Waals surface area contributed by atoms with Crippen molar-refractivity contribution in [3.63, 3.8) is 0 Å². The Kier molecular flexibility index (Phi) is 2.58. The minimum Gasteiger partial charge on any atom is -0.341 e. The summed E-state index contributed by atoms with van der Waals surface area (Å²) in [5.74, 6) is 0. The van der Waals surface area contributed by atoms with E-state index >= 15 is 0 Å². The van der Waals surface area contributed by atoms with Gasteiger partial charge in [0.15, 0.2) is 0 Å². The lowest BCUT2D eigenvalue weighted by Gasteiger charge is -2.29. The third-order valence-corrected chi connectivity index (χ3v) is 4.52. The zero-order valence-electron chi connectivity index (χ0n) is 11.7. The van der Waals surface area contributed by atoms with Crippen LogP contribution in [0.1, 0.15) is 7.43 Å². The van der Waals surface area contributed by atoms with E-state index in [0.717, 1.165) is 0 Å². The van der Waals surface area contributed by atoms with Gasteiger partial charge in [0.25, 0.3) is 0 Å². The lowest BCUT2D eigenvalue weighted by molar-refractivity contribution is 1.08. The fourth-order valence-electron chi connectivity index (χ4n) is 3.59. The van der Waals surface area contributed by atoms with Crippen LogP contribution < -0.4 is 4.90 Å². The van der Waals surface area contributed by atoms with Gasteiger partial charge in [0, 0.05) is 17.8 Å². The Hall–Kier alpha value is -2.74. The van der Waals surface area contributed by atoms with Crippen molar-refractivity contribution in [1.29, 1.82) is 0 Å². The van der Waals surface area contributed by atoms with Gasteiger partial charge in [-0.1, -0.05) is 49.9 Å². The molecule has 0 atom stereocenters. The van der Waals surface area contributed by atoms with E-state index in [2.05, 4.69) is 83.2 Å². The maximum atomic E-state index is 2.40. The first-order valence-corrected chi connectivity index (χ1v) is 7.21. The summed E-state index contributed by atoms with van der Waals surface area (Å²) >= 11 is 0. The molecule has 0 unspecified atom stereocenters. The van der Waals surface area contributed by atoms with E-state index in [1.165, 1.54) is 38.9 Å². The van der Waals surface area contributed by atoms with Crippen molar-refractivity contribution in [2.24, 2.45) is 0 Å². The van der Waals surface area contributed by atoms with Crippen LogP contribution in [-0.2, 0) is 0 Å². The van der Waals surface area contributed by atoms with Gasteiger partial charge in [0.1, 0.15) is 0 Å². The predicted molar refractivity (Wildman–Crippen MR) is 95.6 cm³/mol. The molecule has 108 valence electrons. The molecule has 1 aliphatic heterocycles. The van der Waals surface area contributed by atoms with Crippen molar-refractivity contribution in [3.8, 4) is 5.69 Å². The van der Waals surface area contributed by atoms with Crippen LogP contribution in [0.4, 0.5) is 11.4 Å². The van der Waals surface area contributed by atoms with Crippen LogP contribution >= 0.6 is 0 Å². The second-order valence-corrected chi connectivity index (χ2v) is 5.57. The summed E-state index contributed by atoms with van der Waals surface area (Å²) in [7, 11) is 2.15. The summed E-state index contributed by atoms with van der Waals surface area (Å²) in [5.41, 5.74) is 6.35. The molecule has 0 saturated heterocycles. The van der Waals surface area contributed by atoms with E-state index < -0.39 is 0 Å². The smallest absolute Gasteiger partial charge is 0.0779 e. The molecule has 1 aromatic heterocycles. The van der Waals surface area contributed by atoms with Crippen LogP contribution in [0.15, 0.2) is 66.7 Å². The Bertz CT molecular complexity index is 1010. The van der Waals surface area contributed by atoms with E-state index in [-0.39, 0.29) is 7.43 Å². The molecule has 2 heterocycles. The summed E-state index contributed by atoms with van der Waals surface area (Å²) in [5, 5.41) is 2.64. The van der Waals surface area contributed by atoms with Crippen LogP contribution in [0.5, 0.6) is 0 Å². The quantitative estimate of drug-likeness (QED) is 0.414. The third kappa shape index (κ3) is 1.39. The first-order valence-electron chi connectivity index (χ1n) is 7.21. The summed E-state index contributed by atoms with van der Waals surface area (Å²) in [6.07, 6.45) is 0. The molecule has 0 radical (unpaired) electrons. The maximum absolute atomic E-state index is 2.40. The van der Waals surface area contributed by atoms with E-state index in [4.69, 9.17) is 0 Å². The first-order chi connectivity index (χ1) is 10.4. The van der Waals surface area contributed by atoms with Crippen molar-refractivity contribution in [2.75, 3.05) is 11.9 Å². The van der Waals surface area contributed by atoms with Crippen molar-refractivity contribution in [2.45, 2.75) is 7.43 Å². The van der Waals surface area contributed by atoms with Gasteiger partial charge < -0.3 is 9.47 Å². The largest absolute Gasteiger partial charge is 0.341 e. The maximum Gasteiger partial charge on any atom is 0.0779 e. The number of aromatic nitrogens is 1. The molecule has 2 heteroatoms. The Balaban J connectivity index is 0.00000125. The summed E-state index contributed by atoms with van der Waals surface area (Å²) in [6.45, 7) is 0. The minimum atomic E-state index is 0. The van der Waals surface area contributed by atoms with Gasteiger partial charge in [-0.3, -0.25) is 0 Å². The molecule has 0 N–H and O–H groups in total. The third-order valence-electron chi connectivity index (χ3n) is 4.52. The molecule has 0 amide bonds. The van der Waals surface area contributed by atoms with E-state index in [0.29, 0.717) is 0 Å². The van der Waals surface area contributed by atoms with Gasteiger partial charge in [-0.25, -0.2) is 0 Å². The number of para-hydroxylation sites is 4. The average Bonchev–Trinajstić information content (AvgIpc) is 2.88. The number of rotatable bonds is 0. The summed E-state index contributed by atoms with van der Waals surface area (Å²) in [4.78, 5) is 2.29. The highest BCUT2D eigenvalue weighted by Gasteiger charge is 2.24. The minimum absolute atomic E-state index is 0. The number of benzene rings is 3. The monoisotopic (exact) mass is 286 g/mol. The molecule has 0 bridgehead atoms. The molecule has 4 aromatic rings. The van der Waals surface area contributed by atoms with Crippen molar-refractivity contribution in [1.82, 2.24) is 4.57 Å². The molecule has 0 spiro atoms. The highest BCUT2D eigenvalue weighted by atomic mass is 15.2. The van der Waals surface area contributed by atoms with Crippen molar-refractivity contribution < 1.29 is 0 Å². The molecule has 3 aromatic carbocycles. The van der Waals surface area contributed by atoms with Gasteiger partial charge in [-0.2, -0.15) is 0 Å². The Labute approximate surface area is 130 Å². The number of anilines is 2. The number of hydrogen-bond acceptors (Lipinski definition) is 1. The Morgan fingerprint density at radius 2 is 1.27 bits per heavy atom. The van der Waals surface area contributed by atoms with Crippen LogP contribution in [0.25, 0.3) is 27.5 Å². The molecule has 0 saturated carbocycles. The lowest BCUT2D eigenvalue weighted by atomic mass is 10.1. The molecule has 5 rings (SSSR count).